The Labute approximate surface area is 377 Å². The molecule has 2 aliphatic carbocycles. The molecule has 0 amide bonds. The summed E-state index contributed by atoms with van der Waals surface area (Å²) in [5.41, 5.74) is 21.5. The zero-order valence-electron chi connectivity index (χ0n) is 40.0. The van der Waals surface area contributed by atoms with Crippen LogP contribution in [0.25, 0.3) is 34.4 Å². The summed E-state index contributed by atoms with van der Waals surface area (Å²) in [6.07, 6.45) is 5.41. The fourth-order valence-electron chi connectivity index (χ4n) is 10.0. The van der Waals surface area contributed by atoms with Crippen molar-refractivity contribution in [3.8, 4) is 22.3 Å². The average molecular weight is 999 g/mol. The molecule has 0 aromatic heterocycles. The summed E-state index contributed by atoms with van der Waals surface area (Å²) in [6.45, 7) is 43.3. The van der Waals surface area contributed by atoms with Crippen LogP contribution in [0, 0.1) is 10.8 Å². The number of hydrogen-bond donors (Lipinski definition) is 0. The minimum Gasteiger partial charge on any atom is -0.147 e. The summed E-state index contributed by atoms with van der Waals surface area (Å²) in [5.74, 6) is 0. The fourth-order valence-corrected chi connectivity index (χ4v) is 39.3. The quantitative estimate of drug-likeness (QED) is 0.179. The van der Waals surface area contributed by atoms with Crippen molar-refractivity contribution in [1.82, 2.24) is 0 Å². The van der Waals surface area contributed by atoms with Gasteiger partial charge in [0.25, 0.3) is 0 Å². The van der Waals surface area contributed by atoms with Crippen molar-refractivity contribution in [2.75, 3.05) is 0 Å². The molecule has 2 unspecified atom stereocenters. The zero-order chi connectivity index (χ0) is 42.1. The number of rotatable bonds is 4. The van der Waals surface area contributed by atoms with Crippen LogP contribution in [0.2, 0.25) is 8.35 Å². The molecule has 4 aromatic carbocycles. The van der Waals surface area contributed by atoms with Crippen molar-refractivity contribution in [1.29, 1.82) is 0 Å². The van der Waals surface area contributed by atoms with E-state index in [0.29, 0.717) is 7.35 Å². The Bertz CT molecular complexity index is 2080. The van der Waals surface area contributed by atoms with Crippen molar-refractivity contribution in [3.05, 3.63) is 128 Å². The van der Waals surface area contributed by atoms with Gasteiger partial charge in [-0.05, 0) is 0 Å². The van der Waals surface area contributed by atoms with E-state index in [4.69, 9.17) is 0 Å². The van der Waals surface area contributed by atoms with Gasteiger partial charge >= 0.3 is 356 Å². The summed E-state index contributed by atoms with van der Waals surface area (Å²) < 4.78 is 4.11. The first-order chi connectivity index (χ1) is 26.0. The largest absolute Gasteiger partial charge is 0.147 e. The van der Waals surface area contributed by atoms with Crippen LogP contribution in [-0.4, -0.2) is 0 Å². The van der Waals surface area contributed by atoms with E-state index in [1.165, 1.54) is 64.0 Å². The molecule has 0 spiro atoms. The number of benzene rings is 4. The summed E-state index contributed by atoms with van der Waals surface area (Å²) in [7, 11) is 0. The molecule has 0 N–H and O–H groups in total. The Morgan fingerprint density at radius 3 is 0.915 bits per heavy atom. The van der Waals surface area contributed by atoms with Gasteiger partial charge in [0.2, 0.25) is 0 Å². The zero-order valence-corrected chi connectivity index (χ0v) is 45.2. The van der Waals surface area contributed by atoms with Gasteiger partial charge in [0.05, 0.1) is 0 Å². The minimum absolute atomic E-state index is 0. The van der Waals surface area contributed by atoms with Crippen LogP contribution < -0.4 is 0 Å². The number of hydrogen-bond acceptors (Lipinski definition) is 0. The molecular weight excluding hydrogens is 922 g/mol. The molecule has 0 saturated carbocycles. The smallest absolute Gasteiger partial charge is 0.147 e. The molecule has 1 heterocycles. The van der Waals surface area contributed by atoms with Crippen molar-refractivity contribution < 1.29 is 20.0 Å². The minimum atomic E-state index is -3.25. The van der Waals surface area contributed by atoms with E-state index in [0.717, 1.165) is 0 Å². The van der Waals surface area contributed by atoms with Crippen LogP contribution in [-0.2, 0) is 41.6 Å². The number of fused-ring (bicyclic) bond motifs is 2. The third-order valence-electron chi connectivity index (χ3n) is 13.8. The summed E-state index contributed by atoms with van der Waals surface area (Å²) in [4.78, 5) is 0. The Kier molecular flexibility index (Phi) is 12.6. The van der Waals surface area contributed by atoms with Crippen molar-refractivity contribution in [3.63, 3.8) is 0 Å². The molecular formula is C56H76Cl2Hf. The summed E-state index contributed by atoms with van der Waals surface area (Å²) in [6, 6.07) is 29.7. The molecule has 1 aliphatic heterocycles. The molecule has 3 aliphatic rings. The summed E-state index contributed by atoms with van der Waals surface area (Å²) in [5, 5.41) is 0. The molecule has 59 heavy (non-hydrogen) atoms. The number of halogens is 2. The maximum atomic E-state index is 2.70. The van der Waals surface area contributed by atoms with Gasteiger partial charge in [-0.3, -0.25) is 0 Å². The van der Waals surface area contributed by atoms with Crippen LogP contribution >= 0.6 is 24.8 Å². The first-order valence-corrected chi connectivity index (χ1v) is 31.3. The predicted octanol–water partition coefficient (Wildman–Crippen LogP) is 17.7. The standard InChI is InChI=1S/2C27H35.C2H4.2ClH.Hf/c2*1-25(2,3)20-14-19(15-21(16-20)26(4,5)6)23-12-10-11-18-13-22(17-24(18)23)27(7,8)9;1-2;;;/h2*10-17H,1-9H3;1-2H2;2*1H;. The summed E-state index contributed by atoms with van der Waals surface area (Å²) >= 11 is -3.25. The second-order valence-corrected chi connectivity index (χ2v) is 41.1. The van der Waals surface area contributed by atoms with Gasteiger partial charge in [-0.1, -0.05) is 0 Å². The molecule has 4 aromatic rings. The third kappa shape index (κ3) is 8.89. The molecule has 0 nitrogen and oxygen atoms in total. The van der Waals surface area contributed by atoms with Gasteiger partial charge in [-0.15, -0.1) is 24.8 Å². The molecule has 1 fully saturated rings. The van der Waals surface area contributed by atoms with E-state index in [9.17, 15) is 0 Å². The van der Waals surface area contributed by atoms with E-state index in [-0.39, 0.29) is 57.3 Å². The van der Waals surface area contributed by atoms with Crippen LogP contribution in [0.3, 0.4) is 0 Å². The Morgan fingerprint density at radius 1 is 0.390 bits per heavy atom. The molecule has 0 radical (unpaired) electrons. The van der Waals surface area contributed by atoms with Gasteiger partial charge in [0.15, 0.2) is 0 Å². The van der Waals surface area contributed by atoms with Gasteiger partial charge in [-0.2, -0.15) is 0 Å². The van der Waals surface area contributed by atoms with E-state index in [1.54, 1.807) is 22.3 Å². The van der Waals surface area contributed by atoms with Crippen LogP contribution in [0.5, 0.6) is 0 Å². The van der Waals surface area contributed by atoms with Crippen molar-refractivity contribution in [2.45, 2.75) is 162 Å². The normalized spacial score (nSPS) is 18.9. The number of allylic oxidation sites excluding steroid dienone is 2. The second kappa shape index (κ2) is 15.6. The third-order valence-corrected chi connectivity index (χ3v) is 32.5. The van der Waals surface area contributed by atoms with Crippen LogP contribution in [0.15, 0.2) is 83.9 Å². The Hall–Kier alpha value is -2.19. The van der Waals surface area contributed by atoms with E-state index < -0.39 is 20.0 Å². The molecule has 0 bridgehead atoms. The SMILES string of the molecule is CC(C)(C)C1=Cc2c(-c3cc(C(C)(C)C)cc(C(C)(C)C)c3)cccc2[CH]1[Hf]1([CH]2C(C(C)(C)C)=Cc3c(-c4cc(C(C)(C)C)cc(C(C)(C)C)c4)cccc32)[CH2][CH2]1.Cl.Cl. The van der Waals surface area contributed by atoms with Gasteiger partial charge in [-0.25, -0.2) is 0 Å². The Balaban J connectivity index is 0.00000331. The first kappa shape index (κ1) is 47.9. The topological polar surface area (TPSA) is 0 Å². The first-order valence-electron chi connectivity index (χ1n) is 22.0. The second-order valence-electron chi connectivity index (χ2n) is 24.5. The van der Waals surface area contributed by atoms with Crippen molar-refractivity contribution >= 4 is 37.0 Å². The molecule has 3 heteroatoms. The molecule has 7 rings (SSSR count). The fraction of sp³-hybridized carbons (Fsp3) is 0.500. The maximum absolute atomic E-state index is 3.25. The van der Waals surface area contributed by atoms with E-state index >= 15 is 0 Å². The van der Waals surface area contributed by atoms with Crippen molar-refractivity contribution in [2.24, 2.45) is 10.8 Å². The van der Waals surface area contributed by atoms with Crippen LogP contribution in [0.4, 0.5) is 0 Å². The monoisotopic (exact) mass is 998 g/mol. The average Bonchev–Trinajstić information content (AvgIpc) is 3.57. The van der Waals surface area contributed by atoms with E-state index in [1.807, 2.05) is 0 Å². The maximum Gasteiger partial charge on any atom is -0.147 e. The molecule has 2 atom stereocenters. The molecule has 318 valence electrons. The Morgan fingerprint density at radius 2 is 0.678 bits per heavy atom. The van der Waals surface area contributed by atoms with E-state index in [2.05, 4.69) is 210 Å². The van der Waals surface area contributed by atoms with Gasteiger partial charge in [0.1, 0.15) is 0 Å². The molecule has 1 saturated heterocycles. The van der Waals surface area contributed by atoms with Crippen LogP contribution in [0.1, 0.15) is 176 Å². The van der Waals surface area contributed by atoms with Gasteiger partial charge < -0.3 is 0 Å². The van der Waals surface area contributed by atoms with Gasteiger partial charge in [0, 0.05) is 0 Å². The predicted molar refractivity (Wildman–Crippen MR) is 263 cm³/mol.